The lowest BCUT2D eigenvalue weighted by atomic mass is 10.3. The summed E-state index contributed by atoms with van der Waals surface area (Å²) in [4.78, 5) is 17.7. The summed E-state index contributed by atoms with van der Waals surface area (Å²) in [5, 5.41) is 5.92. The minimum absolute atomic E-state index is 0. The monoisotopic (exact) mass is 370 g/mol. The highest BCUT2D eigenvalue weighted by Crippen LogP contribution is 1.93. The molecule has 0 aliphatic rings. The third-order valence-electron chi connectivity index (χ3n) is 2.29. The summed E-state index contributed by atoms with van der Waals surface area (Å²) in [5.41, 5.74) is 0. The average molecular weight is 370 g/mol. The summed E-state index contributed by atoms with van der Waals surface area (Å²) in [5.74, 6) is 0.763. The molecule has 0 atom stereocenters. The molecule has 1 amide bonds. The Morgan fingerprint density at radius 1 is 1.17 bits per heavy atom. The molecular weight excluding hydrogens is 343 g/mol. The molecule has 0 aliphatic heterocycles. The van der Waals surface area contributed by atoms with Gasteiger partial charge in [0.25, 0.3) is 0 Å². The van der Waals surface area contributed by atoms with Gasteiger partial charge in [-0.3, -0.25) is 4.79 Å². The molecule has 0 radical (unpaired) electrons. The number of guanidine groups is 1. The summed E-state index contributed by atoms with van der Waals surface area (Å²) >= 11 is 0. The van der Waals surface area contributed by atoms with Crippen molar-refractivity contribution in [3.63, 3.8) is 0 Å². The SMILES string of the molecule is CCCCN(C)C(=NCC(=O)NCC)NCC.I. The molecule has 0 saturated carbocycles. The summed E-state index contributed by atoms with van der Waals surface area (Å²) in [6, 6.07) is 0. The largest absolute Gasteiger partial charge is 0.357 e. The van der Waals surface area contributed by atoms with Crippen LogP contribution < -0.4 is 10.6 Å². The maximum absolute atomic E-state index is 11.3. The van der Waals surface area contributed by atoms with E-state index in [1.807, 2.05) is 20.9 Å². The fraction of sp³-hybridized carbons (Fsp3) is 0.833. The van der Waals surface area contributed by atoms with Gasteiger partial charge in [-0.25, -0.2) is 4.99 Å². The van der Waals surface area contributed by atoms with Gasteiger partial charge in [0.05, 0.1) is 0 Å². The van der Waals surface area contributed by atoms with Crippen LogP contribution in [0.2, 0.25) is 0 Å². The Balaban J connectivity index is 0. The van der Waals surface area contributed by atoms with Crippen LogP contribution in [-0.4, -0.2) is 50.0 Å². The van der Waals surface area contributed by atoms with Crippen molar-refractivity contribution in [1.82, 2.24) is 15.5 Å². The predicted molar refractivity (Wildman–Crippen MR) is 87.6 cm³/mol. The highest BCUT2D eigenvalue weighted by molar-refractivity contribution is 14.0. The molecule has 18 heavy (non-hydrogen) atoms. The number of amides is 1. The number of hydrogen-bond acceptors (Lipinski definition) is 2. The van der Waals surface area contributed by atoms with Crippen LogP contribution in [0.1, 0.15) is 33.6 Å². The normalized spacial score (nSPS) is 10.6. The molecule has 108 valence electrons. The number of hydrogen-bond donors (Lipinski definition) is 2. The van der Waals surface area contributed by atoms with Crippen LogP contribution >= 0.6 is 24.0 Å². The minimum atomic E-state index is -0.0354. The Hall–Kier alpha value is -0.530. The number of unbranched alkanes of at least 4 members (excludes halogenated alkanes) is 1. The number of likely N-dealkylation sites (N-methyl/N-ethyl adjacent to an activating group) is 1. The van der Waals surface area contributed by atoms with Crippen molar-refractivity contribution in [1.29, 1.82) is 0 Å². The van der Waals surface area contributed by atoms with Crippen molar-refractivity contribution < 1.29 is 4.79 Å². The lowest BCUT2D eigenvalue weighted by Crippen LogP contribution is -2.40. The van der Waals surface area contributed by atoms with Crippen LogP contribution in [0.4, 0.5) is 0 Å². The van der Waals surface area contributed by atoms with E-state index >= 15 is 0 Å². The second-order valence-electron chi connectivity index (χ2n) is 3.90. The number of halogens is 1. The van der Waals surface area contributed by atoms with E-state index in [1.165, 1.54) is 0 Å². The van der Waals surface area contributed by atoms with E-state index < -0.39 is 0 Å². The number of rotatable bonds is 7. The molecule has 0 aromatic heterocycles. The van der Waals surface area contributed by atoms with E-state index in [-0.39, 0.29) is 36.4 Å². The Labute approximate surface area is 128 Å². The number of nitrogens with zero attached hydrogens (tertiary/aromatic N) is 2. The molecule has 0 saturated heterocycles. The predicted octanol–water partition coefficient (Wildman–Crippen LogP) is 1.44. The first kappa shape index (κ1) is 19.8. The maximum atomic E-state index is 11.3. The van der Waals surface area contributed by atoms with Gasteiger partial charge in [-0.05, 0) is 20.3 Å². The van der Waals surface area contributed by atoms with Gasteiger partial charge in [-0.15, -0.1) is 24.0 Å². The summed E-state index contributed by atoms with van der Waals surface area (Å²) in [6.07, 6.45) is 2.28. The van der Waals surface area contributed by atoms with E-state index in [2.05, 4.69) is 27.4 Å². The van der Waals surface area contributed by atoms with Gasteiger partial charge in [-0.1, -0.05) is 13.3 Å². The Bertz CT molecular complexity index is 246. The van der Waals surface area contributed by atoms with Gasteiger partial charge in [0.1, 0.15) is 6.54 Å². The van der Waals surface area contributed by atoms with Gasteiger partial charge in [0.2, 0.25) is 5.91 Å². The van der Waals surface area contributed by atoms with E-state index in [0.717, 1.165) is 31.9 Å². The molecule has 0 unspecified atom stereocenters. The van der Waals surface area contributed by atoms with E-state index in [1.54, 1.807) is 0 Å². The Morgan fingerprint density at radius 3 is 2.28 bits per heavy atom. The summed E-state index contributed by atoms with van der Waals surface area (Å²) < 4.78 is 0. The fourth-order valence-electron chi connectivity index (χ4n) is 1.37. The molecule has 0 aromatic rings. The van der Waals surface area contributed by atoms with E-state index in [4.69, 9.17) is 0 Å². The molecule has 2 N–H and O–H groups in total. The van der Waals surface area contributed by atoms with E-state index in [9.17, 15) is 4.79 Å². The standard InChI is InChI=1S/C12H26N4O.HI/c1-5-8-9-16(4)12(14-7-3)15-10-11(17)13-6-2;/h5-10H2,1-4H3,(H,13,17)(H,14,15);1H. The average Bonchev–Trinajstić information content (AvgIpc) is 2.31. The maximum Gasteiger partial charge on any atom is 0.241 e. The third kappa shape index (κ3) is 9.49. The van der Waals surface area contributed by atoms with Crippen molar-refractivity contribution >= 4 is 35.8 Å². The molecule has 0 heterocycles. The molecule has 0 aromatic carbocycles. The highest BCUT2D eigenvalue weighted by Gasteiger charge is 2.05. The van der Waals surface area contributed by atoms with E-state index in [0.29, 0.717) is 6.54 Å². The zero-order valence-electron chi connectivity index (χ0n) is 12.0. The van der Waals surface area contributed by atoms with Crippen molar-refractivity contribution in [2.24, 2.45) is 4.99 Å². The van der Waals surface area contributed by atoms with Gasteiger partial charge in [-0.2, -0.15) is 0 Å². The fourth-order valence-corrected chi connectivity index (χ4v) is 1.37. The van der Waals surface area contributed by atoms with Crippen LogP contribution in [0.25, 0.3) is 0 Å². The molecule has 6 heteroatoms. The number of carbonyl (C=O) groups is 1. The molecule has 5 nitrogen and oxygen atoms in total. The van der Waals surface area contributed by atoms with Gasteiger partial charge < -0.3 is 15.5 Å². The van der Waals surface area contributed by atoms with Crippen LogP contribution in [0.15, 0.2) is 4.99 Å². The molecule has 0 bridgehead atoms. The zero-order valence-corrected chi connectivity index (χ0v) is 14.3. The first-order chi connectivity index (χ1) is 8.15. The number of carbonyl (C=O) groups excluding carboxylic acids is 1. The molecule has 0 fully saturated rings. The first-order valence-corrected chi connectivity index (χ1v) is 6.41. The van der Waals surface area contributed by atoms with Crippen molar-refractivity contribution in [2.75, 3.05) is 33.2 Å². The molecular formula is C12H27IN4O. The van der Waals surface area contributed by atoms with Crippen LogP contribution in [0.3, 0.4) is 0 Å². The number of aliphatic imine (C=N–C) groups is 1. The minimum Gasteiger partial charge on any atom is -0.357 e. The van der Waals surface area contributed by atoms with Gasteiger partial charge >= 0.3 is 0 Å². The van der Waals surface area contributed by atoms with Crippen molar-refractivity contribution in [3.05, 3.63) is 0 Å². The van der Waals surface area contributed by atoms with Crippen LogP contribution in [0.5, 0.6) is 0 Å². The quantitative estimate of drug-likeness (QED) is 0.405. The Morgan fingerprint density at radius 2 is 1.78 bits per heavy atom. The topological polar surface area (TPSA) is 56.7 Å². The van der Waals surface area contributed by atoms with Crippen molar-refractivity contribution in [3.8, 4) is 0 Å². The second-order valence-corrected chi connectivity index (χ2v) is 3.90. The summed E-state index contributed by atoms with van der Waals surface area (Å²) in [6.45, 7) is 8.69. The first-order valence-electron chi connectivity index (χ1n) is 6.41. The smallest absolute Gasteiger partial charge is 0.241 e. The third-order valence-corrected chi connectivity index (χ3v) is 2.29. The summed E-state index contributed by atoms with van der Waals surface area (Å²) in [7, 11) is 1.99. The molecule has 0 aliphatic carbocycles. The van der Waals surface area contributed by atoms with Crippen LogP contribution in [-0.2, 0) is 4.79 Å². The number of nitrogens with one attached hydrogen (secondary N) is 2. The van der Waals surface area contributed by atoms with Gasteiger partial charge in [0, 0.05) is 26.7 Å². The lowest BCUT2D eigenvalue weighted by Gasteiger charge is -2.21. The highest BCUT2D eigenvalue weighted by atomic mass is 127. The van der Waals surface area contributed by atoms with Gasteiger partial charge in [0.15, 0.2) is 5.96 Å². The second kappa shape index (κ2) is 12.9. The van der Waals surface area contributed by atoms with Crippen molar-refractivity contribution in [2.45, 2.75) is 33.6 Å². The lowest BCUT2D eigenvalue weighted by molar-refractivity contribution is -0.119. The zero-order chi connectivity index (χ0) is 13.1. The van der Waals surface area contributed by atoms with Crippen LogP contribution in [0, 0.1) is 0 Å². The molecule has 0 rings (SSSR count). The molecule has 0 spiro atoms. The Kier molecular flexibility index (Phi) is 14.2.